The Labute approximate surface area is 136 Å². The average Bonchev–Trinajstić information content (AvgIpc) is 3.38. The van der Waals surface area contributed by atoms with Crippen molar-refractivity contribution in [2.45, 2.75) is 37.7 Å². The third-order valence-electron chi connectivity index (χ3n) is 4.58. The molecule has 0 amide bonds. The average molecular weight is 306 g/mol. The van der Waals surface area contributed by atoms with E-state index in [1.807, 2.05) is 24.4 Å². The van der Waals surface area contributed by atoms with E-state index in [1.165, 1.54) is 12.8 Å². The van der Waals surface area contributed by atoms with Gasteiger partial charge < -0.3 is 9.47 Å². The van der Waals surface area contributed by atoms with Crippen molar-refractivity contribution in [2.75, 3.05) is 13.2 Å². The second kappa shape index (κ2) is 5.72. The van der Waals surface area contributed by atoms with E-state index in [9.17, 15) is 0 Å². The summed E-state index contributed by atoms with van der Waals surface area (Å²) >= 11 is 0. The molecule has 0 N–H and O–H groups in total. The van der Waals surface area contributed by atoms with Gasteiger partial charge in [-0.05, 0) is 43.9 Å². The van der Waals surface area contributed by atoms with Crippen LogP contribution in [0.4, 0.5) is 0 Å². The molecule has 1 aromatic carbocycles. The SMILES string of the molecule is N#C/N=C1\CC2(CCCOC2)Oc2ccc(C#CC3CC3)cc21. The molecule has 1 unspecified atom stereocenters. The van der Waals surface area contributed by atoms with Gasteiger partial charge in [0.05, 0.1) is 12.3 Å². The molecule has 1 aliphatic carbocycles. The van der Waals surface area contributed by atoms with Crippen LogP contribution in [0, 0.1) is 29.2 Å². The van der Waals surface area contributed by atoms with Gasteiger partial charge >= 0.3 is 0 Å². The van der Waals surface area contributed by atoms with Crippen molar-refractivity contribution in [1.29, 1.82) is 5.26 Å². The Morgan fingerprint density at radius 1 is 1.30 bits per heavy atom. The lowest BCUT2D eigenvalue weighted by molar-refractivity contribution is -0.0661. The number of fused-ring (bicyclic) bond motifs is 1. The van der Waals surface area contributed by atoms with E-state index in [1.54, 1.807) is 0 Å². The number of rotatable bonds is 0. The molecule has 1 saturated carbocycles. The number of benzene rings is 1. The van der Waals surface area contributed by atoms with Crippen LogP contribution in [-0.4, -0.2) is 24.5 Å². The minimum absolute atomic E-state index is 0.373. The molecular weight excluding hydrogens is 288 g/mol. The maximum absolute atomic E-state index is 9.05. The summed E-state index contributed by atoms with van der Waals surface area (Å²) in [5, 5.41) is 9.05. The van der Waals surface area contributed by atoms with E-state index in [4.69, 9.17) is 14.7 Å². The van der Waals surface area contributed by atoms with Gasteiger partial charge in [0.1, 0.15) is 11.4 Å². The molecule has 4 nitrogen and oxygen atoms in total. The van der Waals surface area contributed by atoms with E-state index in [-0.39, 0.29) is 5.60 Å². The molecule has 2 heterocycles. The molecule has 0 bridgehead atoms. The highest BCUT2D eigenvalue weighted by Gasteiger charge is 2.41. The van der Waals surface area contributed by atoms with Crippen molar-refractivity contribution in [1.82, 2.24) is 0 Å². The maximum Gasteiger partial charge on any atom is 0.205 e. The van der Waals surface area contributed by atoms with Crippen LogP contribution in [0.5, 0.6) is 5.75 Å². The second-order valence-electron chi connectivity index (χ2n) is 6.53. The van der Waals surface area contributed by atoms with E-state index in [0.717, 1.165) is 42.0 Å². The van der Waals surface area contributed by atoms with Gasteiger partial charge in [-0.2, -0.15) is 10.3 Å². The van der Waals surface area contributed by atoms with Crippen LogP contribution in [0.25, 0.3) is 0 Å². The van der Waals surface area contributed by atoms with Gasteiger partial charge in [0.25, 0.3) is 0 Å². The van der Waals surface area contributed by atoms with Crippen LogP contribution in [0.2, 0.25) is 0 Å². The Balaban J connectivity index is 1.70. The zero-order chi connectivity index (χ0) is 15.7. The molecule has 1 atom stereocenters. The van der Waals surface area contributed by atoms with Crippen LogP contribution in [0.1, 0.15) is 43.2 Å². The standard InChI is InChI=1S/C19H18N2O2/c20-13-21-17-11-19(8-1-9-22-12-19)23-18-7-6-15(10-16(17)18)5-4-14-2-3-14/h6-7,10,14H,1-3,8-9,11-12H2/b21-17+. The van der Waals surface area contributed by atoms with Crippen LogP contribution in [0.3, 0.4) is 0 Å². The Kier molecular flexibility index (Phi) is 3.56. The summed E-state index contributed by atoms with van der Waals surface area (Å²) < 4.78 is 11.9. The summed E-state index contributed by atoms with van der Waals surface area (Å²) in [5.41, 5.74) is 2.27. The minimum Gasteiger partial charge on any atom is -0.484 e. The molecular formula is C19H18N2O2. The molecule has 4 heteroatoms. The highest BCUT2D eigenvalue weighted by molar-refractivity contribution is 6.05. The Morgan fingerprint density at radius 2 is 2.22 bits per heavy atom. The van der Waals surface area contributed by atoms with Crippen molar-refractivity contribution in [2.24, 2.45) is 10.9 Å². The normalized spacial score (nSPS) is 27.5. The molecule has 116 valence electrons. The number of nitriles is 1. The van der Waals surface area contributed by atoms with Crippen molar-refractivity contribution < 1.29 is 9.47 Å². The Morgan fingerprint density at radius 3 is 2.96 bits per heavy atom. The number of nitrogens with zero attached hydrogens (tertiary/aromatic N) is 2. The fourth-order valence-corrected chi connectivity index (χ4v) is 3.21. The predicted octanol–water partition coefficient (Wildman–Crippen LogP) is 3.05. The first-order valence-corrected chi connectivity index (χ1v) is 8.16. The van der Waals surface area contributed by atoms with Gasteiger partial charge in [0.2, 0.25) is 6.19 Å². The zero-order valence-electron chi connectivity index (χ0n) is 13.0. The lowest BCUT2D eigenvalue weighted by Crippen LogP contribution is -2.48. The van der Waals surface area contributed by atoms with E-state index in [0.29, 0.717) is 18.9 Å². The molecule has 0 aromatic heterocycles. The van der Waals surface area contributed by atoms with Crippen LogP contribution in [-0.2, 0) is 4.74 Å². The molecule has 3 aliphatic rings. The maximum atomic E-state index is 9.05. The topological polar surface area (TPSA) is 54.6 Å². The first-order chi connectivity index (χ1) is 11.3. The zero-order valence-corrected chi connectivity index (χ0v) is 13.0. The summed E-state index contributed by atoms with van der Waals surface area (Å²) in [6.45, 7) is 1.33. The summed E-state index contributed by atoms with van der Waals surface area (Å²) in [7, 11) is 0. The molecule has 23 heavy (non-hydrogen) atoms. The summed E-state index contributed by atoms with van der Waals surface area (Å²) in [6, 6.07) is 5.94. The number of hydrogen-bond donors (Lipinski definition) is 0. The highest BCUT2D eigenvalue weighted by Crippen LogP contribution is 2.38. The van der Waals surface area contributed by atoms with Crippen LogP contribution in [0.15, 0.2) is 23.2 Å². The number of aliphatic imine (C=N–C) groups is 1. The lowest BCUT2D eigenvalue weighted by atomic mass is 9.85. The van der Waals surface area contributed by atoms with Crippen LogP contribution < -0.4 is 4.74 Å². The van der Waals surface area contributed by atoms with Gasteiger partial charge in [-0.3, -0.25) is 0 Å². The van der Waals surface area contributed by atoms with Gasteiger partial charge in [-0.15, -0.1) is 0 Å². The fourth-order valence-electron chi connectivity index (χ4n) is 3.21. The third kappa shape index (κ3) is 2.96. The minimum atomic E-state index is -0.373. The second-order valence-corrected chi connectivity index (χ2v) is 6.53. The summed E-state index contributed by atoms with van der Waals surface area (Å²) in [5.74, 6) is 7.84. The van der Waals surface area contributed by atoms with Crippen molar-refractivity contribution in [3.05, 3.63) is 29.3 Å². The van der Waals surface area contributed by atoms with Gasteiger partial charge in [0, 0.05) is 30.1 Å². The lowest BCUT2D eigenvalue weighted by Gasteiger charge is -2.41. The van der Waals surface area contributed by atoms with Crippen molar-refractivity contribution >= 4 is 5.71 Å². The fraction of sp³-hybridized carbons (Fsp3) is 0.474. The monoisotopic (exact) mass is 306 g/mol. The van der Waals surface area contributed by atoms with E-state index >= 15 is 0 Å². The van der Waals surface area contributed by atoms with E-state index in [2.05, 4.69) is 16.8 Å². The third-order valence-corrected chi connectivity index (χ3v) is 4.58. The Bertz CT molecular complexity index is 754. The molecule has 1 aromatic rings. The van der Waals surface area contributed by atoms with Gasteiger partial charge in [-0.25, -0.2) is 0 Å². The predicted molar refractivity (Wildman–Crippen MR) is 86.2 cm³/mol. The molecule has 4 rings (SSSR count). The summed E-state index contributed by atoms with van der Waals surface area (Å²) in [4.78, 5) is 4.06. The quantitative estimate of drug-likeness (QED) is 0.547. The van der Waals surface area contributed by atoms with Crippen molar-refractivity contribution in [3.8, 4) is 23.8 Å². The van der Waals surface area contributed by atoms with Gasteiger partial charge in [-0.1, -0.05) is 11.8 Å². The summed E-state index contributed by atoms with van der Waals surface area (Å²) in [6.07, 6.45) is 6.88. The number of hydrogen-bond acceptors (Lipinski definition) is 4. The van der Waals surface area contributed by atoms with Crippen molar-refractivity contribution in [3.63, 3.8) is 0 Å². The Hall–Kier alpha value is -2.30. The first-order valence-electron chi connectivity index (χ1n) is 8.16. The number of ether oxygens (including phenoxy) is 2. The first kappa shape index (κ1) is 14.3. The molecule has 2 aliphatic heterocycles. The molecule has 2 fully saturated rings. The van der Waals surface area contributed by atoms with Crippen LogP contribution >= 0.6 is 0 Å². The highest BCUT2D eigenvalue weighted by atomic mass is 16.5. The smallest absolute Gasteiger partial charge is 0.205 e. The largest absolute Gasteiger partial charge is 0.484 e. The molecule has 0 radical (unpaired) electrons. The van der Waals surface area contributed by atoms with E-state index < -0.39 is 0 Å². The molecule has 1 spiro atoms. The molecule has 1 saturated heterocycles. The van der Waals surface area contributed by atoms with Gasteiger partial charge in [0.15, 0.2) is 0 Å².